The van der Waals surface area contributed by atoms with E-state index in [0.717, 1.165) is 5.01 Å². The molecule has 0 bridgehead atoms. The molecule has 1 heterocycles. The van der Waals surface area contributed by atoms with Gasteiger partial charge in [0.25, 0.3) is 5.96 Å². The summed E-state index contributed by atoms with van der Waals surface area (Å²) >= 11 is 1.58. The van der Waals surface area contributed by atoms with Gasteiger partial charge in [-0.2, -0.15) is 0 Å². The van der Waals surface area contributed by atoms with Gasteiger partial charge in [0, 0.05) is 31.7 Å². The van der Waals surface area contributed by atoms with Crippen molar-refractivity contribution in [3.63, 3.8) is 0 Å². The highest BCUT2D eigenvalue weighted by Crippen LogP contribution is 2.01. The van der Waals surface area contributed by atoms with Crippen LogP contribution >= 0.6 is 11.3 Å². The standard InChI is InChI=1S/C8H14N6O2S/c1-9-8(13-14(15)16)12-3-2-10-6-7-11-4-5-17-7/h4-5,10H,2-3,6H2,1H3,(H2,9,12,13). The Morgan fingerprint density at radius 1 is 1.71 bits per heavy atom. The molecule has 3 N–H and O–H groups in total. The van der Waals surface area contributed by atoms with Gasteiger partial charge in [-0.1, -0.05) is 5.43 Å². The van der Waals surface area contributed by atoms with Gasteiger partial charge in [0.1, 0.15) is 5.01 Å². The molecule has 1 aromatic rings. The maximum Gasteiger partial charge on any atom is 0.254 e. The molecule has 17 heavy (non-hydrogen) atoms. The summed E-state index contributed by atoms with van der Waals surface area (Å²) in [4.78, 5) is 18.2. The summed E-state index contributed by atoms with van der Waals surface area (Å²) < 4.78 is 0. The van der Waals surface area contributed by atoms with E-state index in [4.69, 9.17) is 0 Å². The Bertz CT molecular complexity index is 366. The topological polar surface area (TPSA) is 104 Å². The minimum Gasteiger partial charge on any atom is -0.355 e. The molecule has 0 aliphatic heterocycles. The van der Waals surface area contributed by atoms with Crippen molar-refractivity contribution < 1.29 is 5.03 Å². The zero-order chi connectivity index (χ0) is 12.5. The molecule has 0 unspecified atom stereocenters. The Balaban J connectivity index is 2.17. The number of hydrogen-bond donors (Lipinski definition) is 3. The summed E-state index contributed by atoms with van der Waals surface area (Å²) in [6, 6.07) is 0. The van der Waals surface area contributed by atoms with Gasteiger partial charge in [0.15, 0.2) is 5.03 Å². The van der Waals surface area contributed by atoms with Crippen molar-refractivity contribution >= 4 is 17.3 Å². The van der Waals surface area contributed by atoms with Gasteiger partial charge in [0.05, 0.1) is 6.54 Å². The number of nitrogens with one attached hydrogen (secondary N) is 3. The Hall–Kier alpha value is -1.74. The second-order valence-electron chi connectivity index (χ2n) is 2.95. The highest BCUT2D eigenvalue weighted by molar-refractivity contribution is 7.09. The molecule has 0 radical (unpaired) electrons. The number of aromatic nitrogens is 1. The number of hydrogen-bond acceptors (Lipinski definition) is 6. The average molecular weight is 258 g/mol. The van der Waals surface area contributed by atoms with Crippen molar-refractivity contribution in [2.75, 3.05) is 20.1 Å². The van der Waals surface area contributed by atoms with Crippen LogP contribution in [0, 0.1) is 10.1 Å². The van der Waals surface area contributed by atoms with E-state index in [1.165, 1.54) is 0 Å². The Labute approximate surface area is 102 Å². The Morgan fingerprint density at radius 3 is 3.12 bits per heavy atom. The predicted octanol–water partition coefficient (Wildman–Crippen LogP) is -0.411. The second kappa shape index (κ2) is 7.52. The molecule has 1 rings (SSSR count). The van der Waals surface area contributed by atoms with Gasteiger partial charge in [-0.15, -0.1) is 11.3 Å². The van der Waals surface area contributed by atoms with Crippen LogP contribution < -0.4 is 16.1 Å². The normalized spacial score (nSPS) is 11.2. The lowest BCUT2D eigenvalue weighted by molar-refractivity contribution is -0.525. The van der Waals surface area contributed by atoms with Crippen LogP contribution in [0.4, 0.5) is 0 Å². The summed E-state index contributed by atoms with van der Waals surface area (Å²) in [7, 11) is 1.57. The summed E-state index contributed by atoms with van der Waals surface area (Å²) in [6.07, 6.45) is 1.75. The third kappa shape index (κ3) is 5.78. The number of thiazole rings is 1. The third-order valence-corrected chi connectivity index (χ3v) is 2.53. The van der Waals surface area contributed by atoms with Crippen LogP contribution in [0.15, 0.2) is 16.6 Å². The summed E-state index contributed by atoms with van der Waals surface area (Å²) in [6.45, 7) is 1.76. The van der Waals surface area contributed by atoms with Gasteiger partial charge in [-0.05, 0) is 0 Å². The first-order valence-electron chi connectivity index (χ1n) is 4.94. The molecule has 0 atom stereocenters. The fourth-order valence-electron chi connectivity index (χ4n) is 1.04. The third-order valence-electron chi connectivity index (χ3n) is 1.75. The Kier molecular flexibility index (Phi) is 5.89. The van der Waals surface area contributed by atoms with Gasteiger partial charge >= 0.3 is 0 Å². The van der Waals surface area contributed by atoms with E-state index in [2.05, 4.69) is 20.6 Å². The van der Waals surface area contributed by atoms with Crippen molar-refractivity contribution in [2.45, 2.75) is 6.54 Å². The van der Waals surface area contributed by atoms with Gasteiger partial charge in [0.2, 0.25) is 0 Å². The summed E-state index contributed by atoms with van der Waals surface area (Å²) in [5.41, 5.74) is 1.96. The minimum absolute atomic E-state index is 0.144. The molecular weight excluding hydrogens is 244 g/mol. The molecule has 0 fully saturated rings. The molecule has 0 saturated heterocycles. The van der Waals surface area contributed by atoms with Crippen molar-refractivity contribution in [3.05, 3.63) is 26.7 Å². The molecule has 0 aliphatic carbocycles. The molecule has 8 nitrogen and oxygen atoms in total. The van der Waals surface area contributed by atoms with E-state index >= 15 is 0 Å². The lowest BCUT2D eigenvalue weighted by atomic mass is 10.6. The first kappa shape index (κ1) is 13.3. The van der Waals surface area contributed by atoms with Crippen molar-refractivity contribution in [3.8, 4) is 0 Å². The van der Waals surface area contributed by atoms with E-state index in [0.29, 0.717) is 19.6 Å². The molecule has 0 aliphatic rings. The molecule has 0 spiro atoms. The lowest BCUT2D eigenvalue weighted by Crippen LogP contribution is -2.39. The smallest absolute Gasteiger partial charge is 0.254 e. The molecule has 0 saturated carbocycles. The second-order valence-corrected chi connectivity index (χ2v) is 3.93. The fourth-order valence-corrected chi connectivity index (χ4v) is 1.63. The number of nitrogens with zero attached hydrogens (tertiary/aromatic N) is 3. The highest BCUT2D eigenvalue weighted by Gasteiger charge is 2.00. The van der Waals surface area contributed by atoms with Crippen LogP contribution in [0.3, 0.4) is 0 Å². The van der Waals surface area contributed by atoms with Crippen LogP contribution in [0.5, 0.6) is 0 Å². The summed E-state index contributed by atoms with van der Waals surface area (Å²) in [5, 5.41) is 18.2. The summed E-state index contributed by atoms with van der Waals surface area (Å²) in [5.74, 6) is 0.144. The number of nitro groups is 1. The van der Waals surface area contributed by atoms with E-state index in [1.54, 1.807) is 24.6 Å². The SMILES string of the molecule is CN/C(=N\CCNCc1nccs1)N[N+](=O)[O-]. The Morgan fingerprint density at radius 2 is 2.53 bits per heavy atom. The van der Waals surface area contributed by atoms with Crippen LogP contribution in [0.25, 0.3) is 0 Å². The number of rotatable bonds is 6. The van der Waals surface area contributed by atoms with Crippen molar-refractivity contribution in [1.29, 1.82) is 0 Å². The molecule has 0 amide bonds. The molecule has 0 aromatic carbocycles. The average Bonchev–Trinajstić information content (AvgIpc) is 2.79. The molecule has 1 aromatic heterocycles. The number of hydrazine groups is 1. The van der Waals surface area contributed by atoms with E-state index < -0.39 is 5.03 Å². The number of aliphatic imine (C=N–C) groups is 1. The minimum atomic E-state index is -0.654. The van der Waals surface area contributed by atoms with E-state index in [-0.39, 0.29) is 5.96 Å². The van der Waals surface area contributed by atoms with Crippen LogP contribution in [-0.4, -0.2) is 36.1 Å². The van der Waals surface area contributed by atoms with E-state index in [9.17, 15) is 10.1 Å². The van der Waals surface area contributed by atoms with Gasteiger partial charge in [-0.3, -0.25) is 0 Å². The first-order chi connectivity index (χ1) is 8.22. The van der Waals surface area contributed by atoms with Crippen LogP contribution in [0.2, 0.25) is 0 Å². The lowest BCUT2D eigenvalue weighted by Gasteiger charge is -2.02. The number of guanidine groups is 1. The van der Waals surface area contributed by atoms with Gasteiger partial charge < -0.3 is 10.6 Å². The predicted molar refractivity (Wildman–Crippen MR) is 65.3 cm³/mol. The van der Waals surface area contributed by atoms with Gasteiger partial charge in [-0.25, -0.2) is 20.1 Å². The fraction of sp³-hybridized carbons (Fsp3) is 0.500. The zero-order valence-corrected chi connectivity index (χ0v) is 10.2. The largest absolute Gasteiger partial charge is 0.355 e. The molecule has 94 valence electrons. The molecular formula is C8H14N6O2S. The quantitative estimate of drug-likeness (QED) is 0.211. The van der Waals surface area contributed by atoms with Crippen molar-refractivity contribution in [2.24, 2.45) is 4.99 Å². The zero-order valence-electron chi connectivity index (χ0n) is 9.34. The maximum absolute atomic E-state index is 10.2. The van der Waals surface area contributed by atoms with Crippen LogP contribution in [-0.2, 0) is 6.54 Å². The van der Waals surface area contributed by atoms with Crippen molar-refractivity contribution in [1.82, 2.24) is 21.0 Å². The maximum atomic E-state index is 10.2. The monoisotopic (exact) mass is 258 g/mol. The van der Waals surface area contributed by atoms with E-state index in [1.807, 2.05) is 10.8 Å². The first-order valence-corrected chi connectivity index (χ1v) is 5.82. The highest BCUT2D eigenvalue weighted by atomic mass is 32.1. The van der Waals surface area contributed by atoms with Crippen LogP contribution in [0.1, 0.15) is 5.01 Å². The molecule has 9 heteroatoms.